The van der Waals surface area contributed by atoms with Crippen LogP contribution >= 0.6 is 0 Å². The average molecular weight is 871 g/mol. The Morgan fingerprint density at radius 2 is 1.37 bits per heavy atom. The number of rotatable bonds is 24. The number of carbonyl (C=O) groups is 4. The van der Waals surface area contributed by atoms with Crippen LogP contribution in [0.5, 0.6) is 0 Å². The minimum Gasteiger partial charge on any atom is -0.346 e. The molecule has 0 spiro atoms. The van der Waals surface area contributed by atoms with Gasteiger partial charge in [-0.1, -0.05) is 191 Å². The lowest BCUT2D eigenvalue weighted by molar-refractivity contribution is -0.127. The van der Waals surface area contributed by atoms with E-state index >= 15 is 0 Å². The van der Waals surface area contributed by atoms with Crippen molar-refractivity contribution >= 4 is 24.1 Å². The molecule has 6 unspecified atom stereocenters. The largest absolute Gasteiger partial charge is 0.346 e. The van der Waals surface area contributed by atoms with Crippen LogP contribution in [0.3, 0.4) is 0 Å². The molecule has 2 rings (SSSR count). The van der Waals surface area contributed by atoms with Crippen molar-refractivity contribution < 1.29 is 19.2 Å². The van der Waals surface area contributed by atoms with Crippen molar-refractivity contribution in [2.45, 2.75) is 153 Å². The van der Waals surface area contributed by atoms with E-state index in [1.54, 1.807) is 12.2 Å². The first-order chi connectivity index (χ1) is 30.3. The predicted molar refractivity (Wildman–Crippen MR) is 273 cm³/mol. The van der Waals surface area contributed by atoms with Crippen molar-refractivity contribution in [3.63, 3.8) is 0 Å². The molecule has 0 aliphatic rings. The van der Waals surface area contributed by atoms with Crippen molar-refractivity contribution in [2.75, 3.05) is 13.1 Å². The van der Waals surface area contributed by atoms with Crippen LogP contribution in [0, 0.1) is 30.6 Å². The number of aldehydes is 1. The van der Waals surface area contributed by atoms with E-state index in [9.17, 15) is 19.2 Å². The first kappa shape index (κ1) is 62.3. The fourth-order valence-corrected chi connectivity index (χ4v) is 5.97. The second-order valence-electron chi connectivity index (χ2n) is 15.6. The van der Waals surface area contributed by atoms with E-state index in [0.717, 1.165) is 55.1 Å². The molecule has 0 bridgehead atoms. The summed E-state index contributed by atoms with van der Waals surface area (Å²) in [5.74, 6) is -0.671. The Labute approximate surface area is 386 Å². The van der Waals surface area contributed by atoms with Gasteiger partial charge in [0, 0.05) is 30.8 Å². The zero-order valence-corrected chi connectivity index (χ0v) is 41.7. The molecule has 0 aromatic heterocycles. The Morgan fingerprint density at radius 3 is 1.87 bits per heavy atom. The fraction of sp³-hybridized carbons (Fsp3) is 0.527. The van der Waals surface area contributed by atoms with Crippen LogP contribution in [0.1, 0.15) is 150 Å². The van der Waals surface area contributed by atoms with Gasteiger partial charge in [-0.05, 0) is 82.8 Å². The molecule has 8 heteroatoms. The number of hydrogen-bond donors (Lipinski definition) is 4. The molecule has 354 valence electrons. The SMILES string of the molecule is C/C=C\CC.C=C/C=C\C.C=CCCNC(=O)NCC(CCC(C)CCC(C)C(=O)NC(/C=C/CC)c1cccc(C)c1)C(C=O)NC(=O)C(C)Cc1ccccc1.CC.CCC. The lowest BCUT2D eigenvalue weighted by Gasteiger charge is -2.27. The second kappa shape index (κ2) is 43.7. The Morgan fingerprint density at radius 1 is 0.746 bits per heavy atom. The first-order valence-corrected chi connectivity index (χ1v) is 23.6. The van der Waals surface area contributed by atoms with Gasteiger partial charge >= 0.3 is 6.03 Å². The van der Waals surface area contributed by atoms with Gasteiger partial charge in [0.05, 0.1) is 12.1 Å². The summed E-state index contributed by atoms with van der Waals surface area (Å²) < 4.78 is 0. The lowest BCUT2D eigenvalue weighted by Crippen LogP contribution is -2.49. The maximum absolute atomic E-state index is 13.2. The summed E-state index contributed by atoms with van der Waals surface area (Å²) in [5.41, 5.74) is 3.27. The highest BCUT2D eigenvalue weighted by Gasteiger charge is 2.27. The molecule has 63 heavy (non-hydrogen) atoms. The molecule has 0 saturated heterocycles. The van der Waals surface area contributed by atoms with Crippen LogP contribution in [0.2, 0.25) is 0 Å². The van der Waals surface area contributed by atoms with Crippen molar-refractivity contribution in [1.29, 1.82) is 0 Å². The standard InChI is InChI=1S/C40H58N4O4.C5H10.C5H8.C3H8.C2H6/c1-7-9-19-36(34-18-14-15-30(4)25-34)43-38(46)31(5)22-20-29(3)21-23-35(27-42-40(48)41-24-10-8-2)37(28-45)44-39(47)32(6)26-33-16-12-11-13-17-33;2*1-3-5-4-2;1-3-2;1-2/h8-9,11-19,25,28-29,31-32,35-37H,2,7,10,20-24,26-27H2,1,3-6H3,(H,43,46)(H,44,47)(H2,41,42,48);3,5H,4H2,1-2H3;3-5H,1H2,2H3;3H2,1-2H3;1-2H3/b19-9+;5-3-;5-4-;;. The highest BCUT2D eigenvalue weighted by molar-refractivity contribution is 5.82. The van der Waals surface area contributed by atoms with Crippen LogP contribution in [0.4, 0.5) is 4.79 Å². The van der Waals surface area contributed by atoms with Gasteiger partial charge in [-0.25, -0.2) is 4.79 Å². The first-order valence-electron chi connectivity index (χ1n) is 23.6. The molecule has 0 fully saturated rings. The molecule has 0 saturated carbocycles. The van der Waals surface area contributed by atoms with Crippen LogP contribution in [-0.2, 0) is 20.8 Å². The van der Waals surface area contributed by atoms with Gasteiger partial charge < -0.3 is 26.1 Å². The third-order valence-electron chi connectivity index (χ3n) is 9.59. The van der Waals surface area contributed by atoms with Crippen molar-refractivity contribution in [2.24, 2.45) is 23.7 Å². The normalized spacial score (nSPS) is 13.3. The molecule has 0 heterocycles. The van der Waals surface area contributed by atoms with Crippen LogP contribution in [0.15, 0.2) is 116 Å². The minimum atomic E-state index is -0.740. The zero-order valence-electron chi connectivity index (χ0n) is 41.7. The predicted octanol–water partition coefficient (Wildman–Crippen LogP) is 13.2. The lowest BCUT2D eigenvalue weighted by atomic mass is 9.87. The van der Waals surface area contributed by atoms with Crippen molar-refractivity contribution in [1.82, 2.24) is 21.3 Å². The summed E-state index contributed by atoms with van der Waals surface area (Å²) in [4.78, 5) is 51.1. The van der Waals surface area contributed by atoms with Crippen molar-refractivity contribution in [3.8, 4) is 0 Å². The summed E-state index contributed by atoms with van der Waals surface area (Å²) in [5, 5.41) is 11.8. The Bertz CT molecular complexity index is 1550. The summed E-state index contributed by atoms with van der Waals surface area (Å²) in [7, 11) is 0. The topological polar surface area (TPSA) is 116 Å². The minimum absolute atomic E-state index is 0.0207. The van der Waals surface area contributed by atoms with E-state index in [-0.39, 0.29) is 54.1 Å². The van der Waals surface area contributed by atoms with Gasteiger partial charge in [0.25, 0.3) is 0 Å². The molecule has 8 nitrogen and oxygen atoms in total. The van der Waals surface area contributed by atoms with E-state index < -0.39 is 6.04 Å². The van der Waals surface area contributed by atoms with Gasteiger partial charge in [0.2, 0.25) is 11.8 Å². The van der Waals surface area contributed by atoms with Gasteiger partial charge in [-0.3, -0.25) is 9.59 Å². The third kappa shape index (κ3) is 34.2. The number of urea groups is 1. The Hall–Kier alpha value is -4.98. The summed E-state index contributed by atoms with van der Waals surface area (Å²) in [6.45, 7) is 32.3. The number of allylic oxidation sites excluding steroid dienone is 6. The molecular weight excluding hydrogens is 781 g/mol. The zero-order chi connectivity index (χ0) is 48.3. The van der Waals surface area contributed by atoms with E-state index in [2.05, 4.69) is 99.4 Å². The molecule has 2 aromatic carbocycles. The van der Waals surface area contributed by atoms with Crippen molar-refractivity contribution in [3.05, 3.63) is 133 Å². The molecule has 0 aliphatic carbocycles. The van der Waals surface area contributed by atoms with Crippen LogP contribution in [0.25, 0.3) is 0 Å². The quantitative estimate of drug-likeness (QED) is 0.0364. The highest BCUT2D eigenvalue weighted by atomic mass is 16.2. The molecule has 4 amide bonds. The molecular formula is C55H90N4O4. The van der Waals surface area contributed by atoms with E-state index in [0.29, 0.717) is 25.8 Å². The summed E-state index contributed by atoms with van der Waals surface area (Å²) in [6.07, 6.45) is 23.9. The monoisotopic (exact) mass is 871 g/mol. The highest BCUT2D eigenvalue weighted by Crippen LogP contribution is 2.23. The van der Waals surface area contributed by atoms with E-state index in [4.69, 9.17) is 0 Å². The Kier molecular flexibility index (Phi) is 43.2. The van der Waals surface area contributed by atoms with Gasteiger partial charge in [-0.15, -0.1) is 6.58 Å². The molecule has 4 N–H and O–H groups in total. The Balaban J connectivity index is -0.00000207. The average Bonchev–Trinajstić information content (AvgIpc) is 3.28. The summed E-state index contributed by atoms with van der Waals surface area (Å²) in [6, 6.07) is 16.8. The molecule has 6 atom stereocenters. The number of nitrogens with one attached hydrogen (secondary N) is 4. The number of hydrogen-bond acceptors (Lipinski definition) is 4. The second-order valence-corrected chi connectivity index (χ2v) is 15.6. The van der Waals surface area contributed by atoms with E-state index in [1.807, 2.05) is 109 Å². The molecule has 0 radical (unpaired) electrons. The fourth-order valence-electron chi connectivity index (χ4n) is 5.97. The van der Waals surface area contributed by atoms with Gasteiger partial charge in [0.15, 0.2) is 0 Å². The summed E-state index contributed by atoms with van der Waals surface area (Å²) >= 11 is 0. The molecule has 2 aromatic rings. The molecule has 0 aliphatic heterocycles. The van der Waals surface area contributed by atoms with Crippen LogP contribution in [-0.4, -0.2) is 43.3 Å². The number of carbonyl (C=O) groups excluding carboxylic acids is 4. The van der Waals surface area contributed by atoms with E-state index in [1.165, 1.54) is 6.42 Å². The maximum Gasteiger partial charge on any atom is 0.314 e. The third-order valence-corrected chi connectivity index (χ3v) is 9.59. The maximum atomic E-state index is 13.2. The smallest absolute Gasteiger partial charge is 0.314 e. The number of amides is 4. The van der Waals surface area contributed by atoms with Gasteiger partial charge in [0.1, 0.15) is 6.29 Å². The van der Waals surface area contributed by atoms with Gasteiger partial charge in [-0.2, -0.15) is 0 Å². The number of benzene rings is 2. The van der Waals surface area contributed by atoms with Crippen LogP contribution < -0.4 is 21.3 Å². The number of aryl methyl sites for hydroxylation is 1.